The summed E-state index contributed by atoms with van der Waals surface area (Å²) in [5.41, 5.74) is 4.61. The van der Waals surface area contributed by atoms with Crippen LogP contribution in [-0.2, 0) is 17.4 Å². The van der Waals surface area contributed by atoms with Crippen molar-refractivity contribution in [3.05, 3.63) is 71.6 Å². The number of aryl methyl sites for hydroxylation is 2. The number of hydrogen-bond acceptors (Lipinski definition) is 6. The normalized spacial score (nSPS) is 15.9. The molecule has 0 amide bonds. The number of halogens is 1. The van der Waals surface area contributed by atoms with Crippen molar-refractivity contribution in [2.45, 2.75) is 45.3 Å². The second-order valence-electron chi connectivity index (χ2n) is 10.7. The van der Waals surface area contributed by atoms with E-state index in [0.29, 0.717) is 46.6 Å². The Kier molecular flexibility index (Phi) is 6.00. The lowest BCUT2D eigenvalue weighted by atomic mass is 9.88. The van der Waals surface area contributed by atoms with E-state index >= 15 is 4.39 Å². The van der Waals surface area contributed by atoms with Gasteiger partial charge < -0.3 is 14.4 Å². The first kappa shape index (κ1) is 24.6. The third kappa shape index (κ3) is 4.06. The molecular formula is C29H31FN6O2. The van der Waals surface area contributed by atoms with Crippen molar-refractivity contribution in [3.8, 4) is 11.3 Å². The first-order chi connectivity index (χ1) is 18.2. The highest BCUT2D eigenvalue weighted by Crippen LogP contribution is 2.42. The summed E-state index contributed by atoms with van der Waals surface area (Å²) in [4.78, 5) is 9.55. The number of ether oxygens (including phenoxy) is 1. The molecule has 0 bridgehead atoms. The Morgan fingerprint density at radius 1 is 1.11 bits per heavy atom. The lowest BCUT2D eigenvalue weighted by molar-refractivity contribution is 0.0547. The summed E-state index contributed by atoms with van der Waals surface area (Å²) in [7, 11) is 1.77. The molecule has 1 N–H and O–H groups in total. The van der Waals surface area contributed by atoms with Crippen LogP contribution in [0, 0.1) is 18.7 Å². The van der Waals surface area contributed by atoms with E-state index in [2.05, 4.69) is 14.9 Å². The van der Waals surface area contributed by atoms with E-state index in [0.717, 1.165) is 29.6 Å². The second-order valence-corrected chi connectivity index (χ2v) is 10.7. The molecule has 0 radical (unpaired) electrons. The molecule has 0 saturated carbocycles. The van der Waals surface area contributed by atoms with Crippen molar-refractivity contribution in [1.29, 1.82) is 0 Å². The van der Waals surface area contributed by atoms with E-state index in [4.69, 9.17) is 14.7 Å². The van der Waals surface area contributed by atoms with Gasteiger partial charge in [0.1, 0.15) is 5.82 Å². The van der Waals surface area contributed by atoms with Crippen molar-refractivity contribution in [2.75, 3.05) is 13.2 Å². The molecule has 1 aromatic carbocycles. The van der Waals surface area contributed by atoms with E-state index in [1.807, 2.05) is 43.5 Å². The monoisotopic (exact) mass is 514 g/mol. The minimum absolute atomic E-state index is 0.136. The molecule has 1 aliphatic rings. The number of benzene rings is 1. The van der Waals surface area contributed by atoms with Crippen LogP contribution < -0.4 is 0 Å². The Bertz CT molecular complexity index is 1610. The Morgan fingerprint density at radius 2 is 1.89 bits per heavy atom. The summed E-state index contributed by atoms with van der Waals surface area (Å²) in [6.07, 6.45) is 5.24. The quantitative estimate of drug-likeness (QED) is 0.352. The smallest absolute Gasteiger partial charge is 0.133 e. The third-order valence-corrected chi connectivity index (χ3v) is 7.67. The number of aromatic nitrogens is 6. The minimum Gasteiger partial charge on any atom is -0.386 e. The molecular weight excluding hydrogens is 483 g/mol. The molecule has 38 heavy (non-hydrogen) atoms. The molecule has 196 valence electrons. The van der Waals surface area contributed by atoms with Gasteiger partial charge in [-0.25, -0.2) is 9.07 Å². The van der Waals surface area contributed by atoms with Crippen LogP contribution in [0.2, 0.25) is 0 Å². The molecule has 6 rings (SSSR count). The van der Waals surface area contributed by atoms with Crippen LogP contribution in [0.25, 0.3) is 33.2 Å². The maximum Gasteiger partial charge on any atom is 0.133 e. The van der Waals surface area contributed by atoms with Gasteiger partial charge in [-0.3, -0.25) is 9.97 Å². The maximum atomic E-state index is 15.8. The molecule has 1 aliphatic heterocycles. The molecule has 4 aromatic heterocycles. The van der Waals surface area contributed by atoms with Gasteiger partial charge in [0.15, 0.2) is 0 Å². The number of nitrogens with zero attached hydrogens (tertiary/aromatic N) is 6. The fourth-order valence-electron chi connectivity index (χ4n) is 5.74. The molecule has 0 spiro atoms. The summed E-state index contributed by atoms with van der Waals surface area (Å²) >= 11 is 0. The van der Waals surface area contributed by atoms with Crippen LogP contribution in [0.5, 0.6) is 0 Å². The minimum atomic E-state index is -1.09. The highest BCUT2D eigenvalue weighted by atomic mass is 19.1. The van der Waals surface area contributed by atoms with Crippen molar-refractivity contribution in [2.24, 2.45) is 13.0 Å². The first-order valence-corrected chi connectivity index (χ1v) is 13.0. The molecule has 0 unspecified atom stereocenters. The third-order valence-electron chi connectivity index (χ3n) is 7.67. The average molecular weight is 515 g/mol. The highest BCUT2D eigenvalue weighted by Gasteiger charge is 2.32. The Balaban J connectivity index is 1.72. The first-order valence-electron chi connectivity index (χ1n) is 13.0. The van der Waals surface area contributed by atoms with Crippen LogP contribution in [0.3, 0.4) is 0 Å². The van der Waals surface area contributed by atoms with E-state index in [1.165, 1.54) is 0 Å². The van der Waals surface area contributed by atoms with E-state index < -0.39 is 5.60 Å². The molecule has 9 heteroatoms. The van der Waals surface area contributed by atoms with Gasteiger partial charge in [-0.15, -0.1) is 5.10 Å². The largest absolute Gasteiger partial charge is 0.386 e. The Labute approximate surface area is 220 Å². The van der Waals surface area contributed by atoms with Gasteiger partial charge in [-0.2, -0.15) is 0 Å². The lowest BCUT2D eigenvalue weighted by Crippen LogP contribution is -2.27. The molecule has 1 fully saturated rings. The van der Waals surface area contributed by atoms with Crippen LogP contribution in [0.4, 0.5) is 4.39 Å². The number of fused-ring (bicyclic) bond motifs is 3. The zero-order valence-electron chi connectivity index (χ0n) is 22.0. The molecule has 1 saturated heterocycles. The molecule has 5 aromatic rings. The maximum absolute atomic E-state index is 15.8. The van der Waals surface area contributed by atoms with Gasteiger partial charge in [0, 0.05) is 49.2 Å². The van der Waals surface area contributed by atoms with Gasteiger partial charge in [0.25, 0.3) is 0 Å². The fourth-order valence-corrected chi connectivity index (χ4v) is 5.74. The van der Waals surface area contributed by atoms with Crippen LogP contribution in [0.1, 0.15) is 49.7 Å². The number of aliphatic hydroxyl groups is 1. The van der Waals surface area contributed by atoms with Crippen molar-refractivity contribution in [1.82, 2.24) is 29.5 Å². The number of pyridine rings is 2. The topological polar surface area (TPSA) is 90.9 Å². The zero-order chi connectivity index (χ0) is 26.6. The van der Waals surface area contributed by atoms with Gasteiger partial charge in [0.05, 0.1) is 45.3 Å². The fraction of sp³-hybridized carbons (Fsp3) is 0.379. The van der Waals surface area contributed by atoms with Crippen molar-refractivity contribution < 1.29 is 14.2 Å². The van der Waals surface area contributed by atoms with Gasteiger partial charge in [-0.1, -0.05) is 11.3 Å². The molecule has 5 heterocycles. The molecule has 0 aliphatic carbocycles. The highest BCUT2D eigenvalue weighted by molar-refractivity contribution is 6.07. The van der Waals surface area contributed by atoms with Crippen LogP contribution in [-0.4, -0.2) is 47.8 Å². The Morgan fingerprint density at radius 3 is 2.55 bits per heavy atom. The molecule has 1 atom stereocenters. The number of hydrogen-bond donors (Lipinski definition) is 1. The summed E-state index contributed by atoms with van der Waals surface area (Å²) in [5, 5.41) is 19.8. The summed E-state index contributed by atoms with van der Waals surface area (Å²) in [5.74, 6) is -0.115. The number of rotatable bonds is 5. The van der Waals surface area contributed by atoms with Gasteiger partial charge >= 0.3 is 0 Å². The predicted octanol–water partition coefficient (Wildman–Crippen LogP) is 5.07. The zero-order valence-corrected chi connectivity index (χ0v) is 22.0. The molecule has 8 nitrogen and oxygen atoms in total. The van der Waals surface area contributed by atoms with E-state index in [1.54, 1.807) is 37.8 Å². The van der Waals surface area contributed by atoms with E-state index in [-0.39, 0.29) is 17.8 Å². The summed E-state index contributed by atoms with van der Waals surface area (Å²) < 4.78 is 25.3. The second kappa shape index (κ2) is 9.25. The SMILES string of the molecule is Cc1nnn(C)c1-c1cc2c(cc1F)c1ncc(C(C)(C)O)cc1n2[C@H](c1ccccn1)C1CCOCC1. The van der Waals surface area contributed by atoms with Crippen molar-refractivity contribution in [3.63, 3.8) is 0 Å². The van der Waals surface area contributed by atoms with Gasteiger partial charge in [-0.05, 0) is 69.9 Å². The summed E-state index contributed by atoms with van der Waals surface area (Å²) in [6, 6.07) is 11.2. The van der Waals surface area contributed by atoms with Crippen LogP contribution >= 0.6 is 0 Å². The Hall–Kier alpha value is -3.69. The predicted molar refractivity (Wildman–Crippen MR) is 143 cm³/mol. The average Bonchev–Trinajstić information content (AvgIpc) is 3.40. The van der Waals surface area contributed by atoms with E-state index in [9.17, 15) is 5.11 Å². The van der Waals surface area contributed by atoms with Crippen LogP contribution in [0.15, 0.2) is 48.8 Å². The standard InChI is InChI=1S/C29H31FN6O2/c1-17-27(35(4)34-33-17)20-15-24-21(14-22(20)30)26-25(13-19(16-32-26)29(2,3)37)36(24)28(18-8-11-38-12-9-18)23-7-5-6-10-31-23/h5-7,10,13-16,18,28,37H,8-9,11-12H2,1-4H3/t28-/m0/s1. The van der Waals surface area contributed by atoms with Crippen molar-refractivity contribution >= 4 is 21.9 Å². The summed E-state index contributed by atoms with van der Waals surface area (Å²) in [6.45, 7) is 6.68. The lowest BCUT2D eigenvalue weighted by Gasteiger charge is -2.32. The van der Waals surface area contributed by atoms with Gasteiger partial charge in [0.2, 0.25) is 0 Å².